The number of aromatic nitrogens is 2. The largest absolute Gasteiger partial charge is 0.375 e. The molecule has 0 aliphatic carbocycles. The van der Waals surface area contributed by atoms with E-state index in [1.807, 2.05) is 0 Å². The van der Waals surface area contributed by atoms with Crippen LogP contribution in [0, 0.1) is 0 Å². The summed E-state index contributed by atoms with van der Waals surface area (Å²) in [5.41, 5.74) is 0.938. The highest BCUT2D eigenvalue weighted by atomic mass is 32.1. The Morgan fingerprint density at radius 2 is 1.89 bits per heavy atom. The van der Waals surface area contributed by atoms with Gasteiger partial charge in [-0.1, -0.05) is 43.5 Å². The molecule has 0 aromatic carbocycles. The smallest absolute Gasteiger partial charge is 0.135 e. The topological polar surface area (TPSA) is 47.0 Å². The number of anilines is 1. The Kier molecular flexibility index (Phi) is 8.77. The van der Waals surface area contributed by atoms with E-state index in [0.29, 0.717) is 6.61 Å². The minimum absolute atomic E-state index is 0.577. The van der Waals surface area contributed by atoms with E-state index in [1.165, 1.54) is 43.6 Å². The molecule has 0 fully saturated rings. The number of nitrogens with zero attached hydrogens (tertiary/aromatic N) is 2. The predicted molar refractivity (Wildman–Crippen MR) is 77.1 cm³/mol. The molecule has 0 radical (unpaired) electrons. The van der Waals surface area contributed by atoms with E-state index in [4.69, 9.17) is 4.74 Å². The van der Waals surface area contributed by atoms with Crippen LogP contribution < -0.4 is 5.32 Å². The zero-order chi connectivity index (χ0) is 13.1. The Labute approximate surface area is 114 Å². The van der Waals surface area contributed by atoms with Crippen LogP contribution in [0.15, 0.2) is 0 Å². The van der Waals surface area contributed by atoms with Gasteiger partial charge in [0, 0.05) is 24.7 Å². The summed E-state index contributed by atoms with van der Waals surface area (Å²) in [5, 5.41) is 8.36. The molecule has 0 saturated heterocycles. The Bertz CT molecular complexity index is 304. The second-order valence-corrected chi connectivity index (χ2v) is 5.15. The summed E-state index contributed by atoms with van der Waals surface area (Å²) < 4.78 is 9.57. The van der Waals surface area contributed by atoms with Crippen molar-refractivity contribution in [2.45, 2.75) is 59.0 Å². The molecule has 0 unspecified atom stereocenters. The summed E-state index contributed by atoms with van der Waals surface area (Å²) in [7, 11) is 0. The maximum Gasteiger partial charge on any atom is 0.135 e. The average Bonchev–Trinajstić information content (AvgIpc) is 2.81. The molecule has 0 aliphatic rings. The lowest BCUT2D eigenvalue weighted by Crippen LogP contribution is -2.01. The van der Waals surface area contributed by atoms with E-state index in [9.17, 15) is 0 Å². The number of rotatable bonds is 11. The number of ether oxygens (including phenoxy) is 1. The van der Waals surface area contributed by atoms with Gasteiger partial charge in [0.1, 0.15) is 10.7 Å². The highest BCUT2D eigenvalue weighted by molar-refractivity contribution is 7.10. The van der Waals surface area contributed by atoms with Crippen LogP contribution in [0.25, 0.3) is 0 Å². The highest BCUT2D eigenvalue weighted by Crippen LogP contribution is 2.18. The molecule has 0 bridgehead atoms. The predicted octanol–water partition coefficient (Wildman–Crippen LogP) is 3.85. The second-order valence-electron chi connectivity index (χ2n) is 4.40. The van der Waals surface area contributed by atoms with E-state index >= 15 is 0 Å². The number of hydrogen-bond donors (Lipinski definition) is 1. The fourth-order valence-corrected chi connectivity index (χ4v) is 2.39. The molecule has 0 atom stereocenters. The molecular formula is C13H25N3OS. The fraction of sp³-hybridized carbons (Fsp3) is 0.846. The van der Waals surface area contributed by atoms with Gasteiger partial charge in [-0.15, -0.1) is 5.10 Å². The summed E-state index contributed by atoms with van der Waals surface area (Å²) in [6.07, 6.45) is 7.78. The summed E-state index contributed by atoms with van der Waals surface area (Å²) in [6, 6.07) is 0. The molecule has 18 heavy (non-hydrogen) atoms. The molecule has 0 amide bonds. The van der Waals surface area contributed by atoms with Crippen molar-refractivity contribution in [3.05, 3.63) is 5.69 Å². The third-order valence-corrected chi connectivity index (χ3v) is 3.50. The molecule has 1 aromatic heterocycles. The maximum absolute atomic E-state index is 5.64. The van der Waals surface area contributed by atoms with Gasteiger partial charge in [0.05, 0.1) is 6.61 Å². The zero-order valence-corrected chi connectivity index (χ0v) is 12.4. The van der Waals surface area contributed by atoms with Crippen LogP contribution in [-0.2, 0) is 11.3 Å². The Morgan fingerprint density at radius 1 is 1.11 bits per heavy atom. The van der Waals surface area contributed by atoms with Gasteiger partial charge in [-0.2, -0.15) is 0 Å². The van der Waals surface area contributed by atoms with Crippen LogP contribution in [-0.4, -0.2) is 22.7 Å². The molecule has 0 saturated carbocycles. The summed E-state index contributed by atoms with van der Waals surface area (Å²) in [4.78, 5) is 0. The van der Waals surface area contributed by atoms with Gasteiger partial charge in [-0.3, -0.25) is 0 Å². The molecule has 1 heterocycles. The van der Waals surface area contributed by atoms with Crippen LogP contribution in [0.4, 0.5) is 5.00 Å². The summed E-state index contributed by atoms with van der Waals surface area (Å²) in [6.45, 7) is 6.62. The van der Waals surface area contributed by atoms with Crippen molar-refractivity contribution in [1.29, 1.82) is 0 Å². The van der Waals surface area contributed by atoms with Gasteiger partial charge in [0.15, 0.2) is 0 Å². The molecule has 104 valence electrons. The minimum Gasteiger partial charge on any atom is -0.375 e. The number of nitrogens with one attached hydrogen (secondary N) is 1. The molecular weight excluding hydrogens is 246 g/mol. The van der Waals surface area contributed by atoms with E-state index in [2.05, 4.69) is 28.8 Å². The van der Waals surface area contributed by atoms with Crippen molar-refractivity contribution in [3.63, 3.8) is 0 Å². The molecule has 1 N–H and O–H groups in total. The third-order valence-electron chi connectivity index (χ3n) is 2.77. The van der Waals surface area contributed by atoms with Crippen LogP contribution in [0.2, 0.25) is 0 Å². The molecule has 1 rings (SSSR count). The molecule has 0 aliphatic heterocycles. The van der Waals surface area contributed by atoms with E-state index < -0.39 is 0 Å². The van der Waals surface area contributed by atoms with Crippen molar-refractivity contribution in [2.24, 2.45) is 0 Å². The fourth-order valence-electron chi connectivity index (χ4n) is 1.75. The molecule has 0 spiro atoms. The van der Waals surface area contributed by atoms with E-state index in [0.717, 1.165) is 30.3 Å². The lowest BCUT2D eigenvalue weighted by Gasteiger charge is -2.04. The SMILES string of the molecule is CCCCCCCCOCc1nnsc1NCC. The first-order chi connectivity index (χ1) is 8.88. The third kappa shape index (κ3) is 6.31. The van der Waals surface area contributed by atoms with Crippen LogP contribution in [0.3, 0.4) is 0 Å². The standard InChI is InChI=1S/C13H25N3OS/c1-3-5-6-7-8-9-10-17-11-12-13(14-4-2)18-16-15-12/h14H,3-11H2,1-2H3. The van der Waals surface area contributed by atoms with Crippen molar-refractivity contribution < 1.29 is 4.74 Å². The summed E-state index contributed by atoms with van der Waals surface area (Å²) in [5.74, 6) is 0. The monoisotopic (exact) mass is 271 g/mol. The van der Waals surface area contributed by atoms with Crippen LogP contribution in [0.1, 0.15) is 58.1 Å². The Morgan fingerprint density at radius 3 is 2.67 bits per heavy atom. The first-order valence-corrected chi connectivity index (χ1v) is 7.78. The van der Waals surface area contributed by atoms with Crippen molar-refractivity contribution in [1.82, 2.24) is 9.59 Å². The number of hydrogen-bond acceptors (Lipinski definition) is 5. The normalized spacial score (nSPS) is 10.8. The van der Waals surface area contributed by atoms with E-state index in [-0.39, 0.29) is 0 Å². The lowest BCUT2D eigenvalue weighted by atomic mass is 10.1. The number of unbranched alkanes of at least 4 members (excludes halogenated alkanes) is 5. The van der Waals surface area contributed by atoms with Crippen LogP contribution >= 0.6 is 11.5 Å². The second kappa shape index (κ2) is 10.3. The van der Waals surface area contributed by atoms with Gasteiger partial charge < -0.3 is 10.1 Å². The minimum atomic E-state index is 0.577. The molecule has 1 aromatic rings. The lowest BCUT2D eigenvalue weighted by molar-refractivity contribution is 0.114. The highest BCUT2D eigenvalue weighted by Gasteiger charge is 2.06. The first kappa shape index (κ1) is 15.4. The maximum atomic E-state index is 5.64. The quantitative estimate of drug-likeness (QED) is 0.621. The summed E-state index contributed by atoms with van der Waals surface area (Å²) >= 11 is 1.40. The first-order valence-electron chi connectivity index (χ1n) is 7.01. The van der Waals surface area contributed by atoms with Gasteiger partial charge in [-0.05, 0) is 13.3 Å². The average molecular weight is 271 g/mol. The Hall–Kier alpha value is -0.680. The van der Waals surface area contributed by atoms with Gasteiger partial charge in [0.2, 0.25) is 0 Å². The van der Waals surface area contributed by atoms with Gasteiger partial charge >= 0.3 is 0 Å². The molecule has 5 heteroatoms. The van der Waals surface area contributed by atoms with Crippen molar-refractivity contribution >= 4 is 16.5 Å². The van der Waals surface area contributed by atoms with Crippen molar-refractivity contribution in [2.75, 3.05) is 18.5 Å². The molecule has 4 nitrogen and oxygen atoms in total. The van der Waals surface area contributed by atoms with Gasteiger partial charge in [0.25, 0.3) is 0 Å². The van der Waals surface area contributed by atoms with Crippen LogP contribution in [0.5, 0.6) is 0 Å². The van der Waals surface area contributed by atoms with Gasteiger partial charge in [-0.25, -0.2) is 0 Å². The van der Waals surface area contributed by atoms with E-state index in [1.54, 1.807) is 0 Å². The van der Waals surface area contributed by atoms with Crippen molar-refractivity contribution in [3.8, 4) is 0 Å². The Balaban J connectivity index is 2.01. The zero-order valence-electron chi connectivity index (χ0n) is 11.6.